The van der Waals surface area contributed by atoms with Crippen LogP contribution in [-0.2, 0) is 11.3 Å². The van der Waals surface area contributed by atoms with Gasteiger partial charge < -0.3 is 33.9 Å². The van der Waals surface area contributed by atoms with Crippen molar-refractivity contribution in [1.82, 2.24) is 9.88 Å². The molecule has 0 fully saturated rings. The first-order valence-electron chi connectivity index (χ1n) is 11.4. The van der Waals surface area contributed by atoms with Gasteiger partial charge in [0.15, 0.2) is 28.7 Å². The van der Waals surface area contributed by atoms with Crippen molar-refractivity contribution in [2.45, 2.75) is 6.54 Å². The van der Waals surface area contributed by atoms with Crippen molar-refractivity contribution in [3.8, 4) is 28.9 Å². The van der Waals surface area contributed by atoms with Crippen molar-refractivity contribution in [3.63, 3.8) is 0 Å². The molecule has 0 radical (unpaired) electrons. The number of hydrogen-bond acceptors (Lipinski definition) is 8. The van der Waals surface area contributed by atoms with E-state index in [1.54, 1.807) is 28.8 Å². The highest BCUT2D eigenvalue weighted by Crippen LogP contribution is 2.40. The van der Waals surface area contributed by atoms with E-state index in [1.807, 2.05) is 30.3 Å². The molecule has 3 aromatic carbocycles. The molecule has 0 saturated heterocycles. The average Bonchev–Trinajstić information content (AvgIpc) is 3.64. The predicted octanol–water partition coefficient (Wildman–Crippen LogP) is 3.89. The van der Waals surface area contributed by atoms with Crippen molar-refractivity contribution < 1.29 is 33.6 Å². The lowest BCUT2D eigenvalue weighted by molar-refractivity contribution is -0.117. The zero-order chi connectivity index (χ0) is 25.4. The average molecular weight is 500 g/mol. The topological polar surface area (TPSA) is 133 Å². The maximum absolute atomic E-state index is 12.4. The Labute approximate surface area is 209 Å². The van der Waals surface area contributed by atoms with Crippen LogP contribution >= 0.6 is 0 Å². The Balaban J connectivity index is 1.18. The lowest BCUT2D eigenvalue weighted by Gasteiger charge is -2.08. The van der Waals surface area contributed by atoms with Crippen molar-refractivity contribution in [1.29, 1.82) is 0 Å². The van der Waals surface area contributed by atoms with Crippen LogP contribution in [-0.4, -0.2) is 41.6 Å². The largest absolute Gasteiger partial charge is 0.493 e. The molecular formula is C26H20N4O7. The lowest BCUT2D eigenvalue weighted by Crippen LogP contribution is -2.28. The molecule has 0 unspecified atom stereocenters. The molecule has 1 aromatic heterocycles. The van der Waals surface area contributed by atoms with Crippen molar-refractivity contribution in [3.05, 3.63) is 71.8 Å². The Morgan fingerprint density at radius 1 is 0.892 bits per heavy atom. The van der Waals surface area contributed by atoms with Crippen LogP contribution in [0.4, 0.5) is 5.69 Å². The monoisotopic (exact) mass is 500 g/mol. The van der Waals surface area contributed by atoms with Gasteiger partial charge >= 0.3 is 0 Å². The van der Waals surface area contributed by atoms with E-state index in [-0.39, 0.29) is 31.7 Å². The number of azo groups is 1. The maximum atomic E-state index is 12.4. The van der Waals surface area contributed by atoms with Crippen LogP contribution in [0.1, 0.15) is 15.9 Å². The number of amides is 2. The summed E-state index contributed by atoms with van der Waals surface area (Å²) in [7, 11) is 0. The van der Waals surface area contributed by atoms with Gasteiger partial charge in [0.05, 0.1) is 12.1 Å². The molecule has 37 heavy (non-hydrogen) atoms. The third-order valence-electron chi connectivity index (χ3n) is 5.99. The highest BCUT2D eigenvalue weighted by Gasteiger charge is 2.20. The number of benzene rings is 3. The molecule has 2 aliphatic heterocycles. The first kappa shape index (κ1) is 22.4. The number of aromatic nitrogens is 1. The SMILES string of the molecule is O=C(CNC(=O)c1ccc2c(c1)OCO2)N=Nc1c(O)n(Cc2ccc3c(c2)OCO3)c2ccccc12. The second-order valence-electron chi connectivity index (χ2n) is 8.31. The van der Waals surface area contributed by atoms with Gasteiger partial charge in [-0.2, -0.15) is 0 Å². The van der Waals surface area contributed by atoms with E-state index in [0.717, 1.165) is 11.1 Å². The van der Waals surface area contributed by atoms with Crippen LogP contribution in [0.15, 0.2) is 70.9 Å². The molecule has 0 atom stereocenters. The van der Waals surface area contributed by atoms with Gasteiger partial charge in [-0.15, -0.1) is 10.2 Å². The summed E-state index contributed by atoms with van der Waals surface area (Å²) >= 11 is 0. The Bertz CT molecular complexity index is 1580. The van der Waals surface area contributed by atoms with Gasteiger partial charge in [0.2, 0.25) is 19.5 Å². The number of fused-ring (bicyclic) bond motifs is 3. The van der Waals surface area contributed by atoms with Crippen LogP contribution < -0.4 is 24.3 Å². The highest BCUT2D eigenvalue weighted by molar-refractivity contribution is 5.98. The van der Waals surface area contributed by atoms with Crippen LogP contribution in [0.2, 0.25) is 0 Å². The first-order chi connectivity index (χ1) is 18.1. The van der Waals surface area contributed by atoms with Crippen LogP contribution in [0.5, 0.6) is 28.9 Å². The van der Waals surface area contributed by atoms with Crippen molar-refractivity contribution in [2.75, 3.05) is 20.1 Å². The fourth-order valence-corrected chi connectivity index (χ4v) is 4.19. The highest BCUT2D eigenvalue weighted by atomic mass is 16.7. The summed E-state index contributed by atoms with van der Waals surface area (Å²) in [6.45, 7) is 0.233. The summed E-state index contributed by atoms with van der Waals surface area (Å²) in [6, 6.07) is 17.6. The van der Waals surface area contributed by atoms with Gasteiger partial charge in [0, 0.05) is 10.9 Å². The van der Waals surface area contributed by atoms with Gasteiger partial charge in [-0.25, -0.2) is 0 Å². The van der Waals surface area contributed by atoms with E-state index >= 15 is 0 Å². The Morgan fingerprint density at radius 2 is 1.59 bits per heavy atom. The van der Waals surface area contributed by atoms with Crippen LogP contribution in [0, 0.1) is 0 Å². The number of carbonyl (C=O) groups is 2. The normalized spacial score (nSPS) is 13.4. The molecule has 4 aromatic rings. The van der Waals surface area contributed by atoms with Gasteiger partial charge in [-0.3, -0.25) is 9.59 Å². The molecule has 2 amide bonds. The molecule has 0 aliphatic carbocycles. The third kappa shape index (κ3) is 4.27. The molecule has 0 bridgehead atoms. The quantitative estimate of drug-likeness (QED) is 0.384. The summed E-state index contributed by atoms with van der Waals surface area (Å²) in [5.41, 5.74) is 2.08. The number of hydrogen-bond donors (Lipinski definition) is 2. The third-order valence-corrected chi connectivity index (χ3v) is 5.99. The zero-order valence-electron chi connectivity index (χ0n) is 19.3. The minimum absolute atomic E-state index is 0.0964. The van der Waals surface area contributed by atoms with E-state index < -0.39 is 11.8 Å². The number of nitrogens with zero attached hydrogens (tertiary/aromatic N) is 3. The number of carbonyl (C=O) groups excluding carboxylic acids is 2. The molecule has 2 aliphatic rings. The first-order valence-corrected chi connectivity index (χ1v) is 11.4. The second-order valence-corrected chi connectivity index (χ2v) is 8.31. The van der Waals surface area contributed by atoms with Gasteiger partial charge in [0.25, 0.3) is 11.8 Å². The Hall–Kier alpha value is -5.06. The van der Waals surface area contributed by atoms with Crippen LogP contribution in [0.3, 0.4) is 0 Å². The van der Waals surface area contributed by atoms with E-state index in [1.165, 1.54) is 6.07 Å². The molecular weight excluding hydrogens is 480 g/mol. The molecule has 2 N–H and O–H groups in total. The number of rotatable bonds is 6. The Kier molecular flexibility index (Phi) is 5.56. The van der Waals surface area contributed by atoms with Crippen molar-refractivity contribution in [2.24, 2.45) is 10.2 Å². The molecule has 11 heteroatoms. The molecule has 3 heterocycles. The molecule has 11 nitrogen and oxygen atoms in total. The predicted molar refractivity (Wildman–Crippen MR) is 130 cm³/mol. The van der Waals surface area contributed by atoms with E-state index in [4.69, 9.17) is 18.9 Å². The number of aromatic hydroxyl groups is 1. The lowest BCUT2D eigenvalue weighted by atomic mass is 10.2. The van der Waals surface area contributed by atoms with E-state index in [9.17, 15) is 14.7 Å². The minimum atomic E-state index is -0.680. The fraction of sp³-hybridized carbons (Fsp3) is 0.154. The van der Waals surface area contributed by atoms with Crippen molar-refractivity contribution >= 4 is 28.4 Å². The summed E-state index contributed by atoms with van der Waals surface area (Å²) in [5.74, 6) is 1.04. The van der Waals surface area contributed by atoms with Crippen LogP contribution in [0.25, 0.3) is 10.9 Å². The second kappa shape index (κ2) is 9.19. The van der Waals surface area contributed by atoms with E-state index in [2.05, 4.69) is 15.5 Å². The zero-order valence-corrected chi connectivity index (χ0v) is 19.3. The molecule has 0 saturated carbocycles. The van der Waals surface area contributed by atoms with Gasteiger partial charge in [0.1, 0.15) is 6.54 Å². The summed E-state index contributed by atoms with van der Waals surface area (Å²) in [4.78, 5) is 24.8. The van der Waals surface area contributed by atoms with Gasteiger partial charge in [-0.1, -0.05) is 24.3 Å². The smallest absolute Gasteiger partial charge is 0.283 e. The number of nitrogens with one attached hydrogen (secondary N) is 1. The number of ether oxygens (including phenoxy) is 4. The van der Waals surface area contributed by atoms with Gasteiger partial charge in [-0.05, 0) is 42.0 Å². The number of para-hydroxylation sites is 1. The maximum Gasteiger partial charge on any atom is 0.283 e. The Morgan fingerprint density at radius 3 is 2.41 bits per heavy atom. The molecule has 186 valence electrons. The summed E-state index contributed by atoms with van der Waals surface area (Å²) in [5, 5.41) is 21.8. The van der Waals surface area contributed by atoms with E-state index in [0.29, 0.717) is 40.5 Å². The standard InChI is InChI=1S/C26H20N4O7/c31-23(11-27-25(32)16-6-8-20-22(10-16)37-14-35-20)28-29-24-17-3-1-2-4-18(17)30(26(24)33)12-15-5-7-19-21(9-15)36-13-34-19/h1-10,33H,11-14H2,(H,27,32). The summed E-state index contributed by atoms with van der Waals surface area (Å²) in [6.07, 6.45) is 0. The molecule has 6 rings (SSSR count). The summed E-state index contributed by atoms with van der Waals surface area (Å²) < 4.78 is 23.0. The minimum Gasteiger partial charge on any atom is -0.493 e. The fourth-order valence-electron chi connectivity index (χ4n) is 4.19. The molecule has 0 spiro atoms.